The number of piperidine rings is 1. The Kier molecular flexibility index (Phi) is 6.12. The highest BCUT2D eigenvalue weighted by atomic mass is 16.5. The van der Waals surface area contributed by atoms with E-state index < -0.39 is 0 Å². The second-order valence-electron chi connectivity index (χ2n) is 6.70. The molecule has 0 unspecified atom stereocenters. The predicted octanol–water partition coefficient (Wildman–Crippen LogP) is 3.52. The van der Waals surface area contributed by atoms with E-state index in [9.17, 15) is 4.79 Å². The van der Waals surface area contributed by atoms with Gasteiger partial charge in [0.25, 0.3) is 0 Å². The van der Waals surface area contributed by atoms with Crippen molar-refractivity contribution in [2.45, 2.75) is 32.4 Å². The first-order chi connectivity index (χ1) is 12.7. The van der Waals surface area contributed by atoms with Crippen molar-refractivity contribution in [3.05, 3.63) is 59.7 Å². The monoisotopic (exact) mass is 353 g/mol. The van der Waals surface area contributed by atoms with Gasteiger partial charge in [-0.2, -0.15) is 0 Å². The molecule has 0 aliphatic carbocycles. The van der Waals surface area contributed by atoms with Crippen LogP contribution in [0.25, 0.3) is 0 Å². The number of nitrogen functional groups attached to an aromatic ring is 1. The Hall–Kier alpha value is -2.53. The number of benzene rings is 2. The van der Waals surface area contributed by atoms with E-state index in [1.54, 1.807) is 19.1 Å². The van der Waals surface area contributed by atoms with Crippen molar-refractivity contribution in [2.24, 2.45) is 0 Å². The first kappa shape index (κ1) is 18.3. The number of nitrogens with two attached hydrogens (primary N) is 1. The summed E-state index contributed by atoms with van der Waals surface area (Å²) in [6.07, 6.45) is 2.15. The molecule has 1 heterocycles. The van der Waals surface area contributed by atoms with E-state index in [2.05, 4.69) is 40.5 Å². The fourth-order valence-electron chi connectivity index (χ4n) is 3.34. The van der Waals surface area contributed by atoms with Crippen LogP contribution in [-0.4, -0.2) is 36.6 Å². The lowest BCUT2D eigenvalue weighted by Crippen LogP contribution is -2.38. The van der Waals surface area contributed by atoms with Gasteiger partial charge >= 0.3 is 5.97 Å². The molecule has 5 nitrogen and oxygen atoms in total. The van der Waals surface area contributed by atoms with Crippen molar-refractivity contribution in [1.82, 2.24) is 4.90 Å². The van der Waals surface area contributed by atoms with E-state index in [1.807, 2.05) is 6.07 Å². The lowest BCUT2D eigenvalue weighted by atomic mass is 10.0. The van der Waals surface area contributed by atoms with Crippen molar-refractivity contribution < 1.29 is 9.53 Å². The fourth-order valence-corrected chi connectivity index (χ4v) is 3.34. The number of nitrogens with zero attached hydrogens (tertiary/aromatic N) is 1. The van der Waals surface area contributed by atoms with Crippen LogP contribution in [0.2, 0.25) is 0 Å². The number of hydrogen-bond acceptors (Lipinski definition) is 5. The highest BCUT2D eigenvalue weighted by Gasteiger charge is 2.20. The highest BCUT2D eigenvalue weighted by molar-refractivity contribution is 5.96. The molecule has 5 heteroatoms. The maximum Gasteiger partial charge on any atom is 0.340 e. The zero-order chi connectivity index (χ0) is 18.4. The van der Waals surface area contributed by atoms with Gasteiger partial charge in [0, 0.05) is 37.1 Å². The molecule has 2 aromatic rings. The molecule has 3 N–H and O–H groups in total. The molecule has 1 fully saturated rings. The molecule has 0 aromatic heterocycles. The Morgan fingerprint density at radius 2 is 1.92 bits per heavy atom. The zero-order valence-corrected chi connectivity index (χ0v) is 15.3. The minimum atomic E-state index is -0.369. The van der Waals surface area contributed by atoms with Gasteiger partial charge in [-0.3, -0.25) is 4.90 Å². The van der Waals surface area contributed by atoms with E-state index in [1.165, 1.54) is 5.56 Å². The molecule has 3 rings (SSSR count). The minimum Gasteiger partial charge on any atom is -0.462 e. The van der Waals surface area contributed by atoms with Crippen LogP contribution in [-0.2, 0) is 11.3 Å². The zero-order valence-electron chi connectivity index (χ0n) is 15.3. The summed E-state index contributed by atoms with van der Waals surface area (Å²) in [6, 6.07) is 16.5. The van der Waals surface area contributed by atoms with E-state index in [4.69, 9.17) is 10.5 Å². The summed E-state index contributed by atoms with van der Waals surface area (Å²) in [6.45, 7) is 5.26. The summed E-state index contributed by atoms with van der Waals surface area (Å²) in [7, 11) is 0. The lowest BCUT2D eigenvalue weighted by Gasteiger charge is -2.33. The average Bonchev–Trinajstić information content (AvgIpc) is 2.66. The van der Waals surface area contributed by atoms with Crippen molar-refractivity contribution in [1.29, 1.82) is 0 Å². The van der Waals surface area contributed by atoms with Crippen LogP contribution in [0, 0.1) is 0 Å². The van der Waals surface area contributed by atoms with Gasteiger partial charge in [-0.15, -0.1) is 0 Å². The third-order valence-electron chi connectivity index (χ3n) is 4.76. The molecular formula is C21H27N3O2. The lowest BCUT2D eigenvalue weighted by molar-refractivity contribution is 0.0527. The summed E-state index contributed by atoms with van der Waals surface area (Å²) in [5, 5.41) is 3.54. The van der Waals surface area contributed by atoms with E-state index >= 15 is 0 Å². The van der Waals surface area contributed by atoms with Crippen molar-refractivity contribution in [3.63, 3.8) is 0 Å². The van der Waals surface area contributed by atoms with Gasteiger partial charge < -0.3 is 15.8 Å². The van der Waals surface area contributed by atoms with Gasteiger partial charge in [-0.1, -0.05) is 30.3 Å². The van der Waals surface area contributed by atoms with Crippen LogP contribution >= 0.6 is 0 Å². The SMILES string of the molecule is CCOC(=O)c1cc(NC2CCN(Cc3ccccc3)CC2)ccc1N. The van der Waals surface area contributed by atoms with Gasteiger partial charge in [0.2, 0.25) is 0 Å². The molecule has 0 saturated carbocycles. The molecule has 1 aliphatic heterocycles. The van der Waals surface area contributed by atoms with Gasteiger partial charge in [-0.05, 0) is 43.5 Å². The number of esters is 1. The molecule has 0 spiro atoms. The van der Waals surface area contributed by atoms with Crippen LogP contribution in [0.3, 0.4) is 0 Å². The fraction of sp³-hybridized carbons (Fsp3) is 0.381. The van der Waals surface area contributed by atoms with Crippen LogP contribution in [0.4, 0.5) is 11.4 Å². The van der Waals surface area contributed by atoms with Crippen molar-refractivity contribution in [2.75, 3.05) is 30.7 Å². The number of ether oxygens (including phenoxy) is 1. The number of carbonyl (C=O) groups is 1. The maximum absolute atomic E-state index is 12.0. The van der Waals surface area contributed by atoms with Gasteiger partial charge in [0.05, 0.1) is 12.2 Å². The molecule has 1 saturated heterocycles. The van der Waals surface area contributed by atoms with Crippen molar-refractivity contribution >= 4 is 17.3 Å². The van der Waals surface area contributed by atoms with Crippen LogP contribution < -0.4 is 11.1 Å². The average molecular weight is 353 g/mol. The molecule has 0 radical (unpaired) electrons. The van der Waals surface area contributed by atoms with Crippen LogP contribution in [0.15, 0.2) is 48.5 Å². The smallest absolute Gasteiger partial charge is 0.340 e. The molecule has 1 aliphatic rings. The molecule has 2 aromatic carbocycles. The largest absolute Gasteiger partial charge is 0.462 e. The van der Waals surface area contributed by atoms with E-state index in [0.29, 0.717) is 23.9 Å². The van der Waals surface area contributed by atoms with Crippen LogP contribution in [0.5, 0.6) is 0 Å². The summed E-state index contributed by atoms with van der Waals surface area (Å²) < 4.78 is 5.07. The summed E-state index contributed by atoms with van der Waals surface area (Å²) in [5.41, 5.74) is 9.07. The molecule has 26 heavy (non-hydrogen) atoms. The number of hydrogen-bond donors (Lipinski definition) is 2. The second kappa shape index (κ2) is 8.72. The third-order valence-corrected chi connectivity index (χ3v) is 4.76. The van der Waals surface area contributed by atoms with Crippen molar-refractivity contribution in [3.8, 4) is 0 Å². The number of carbonyl (C=O) groups excluding carboxylic acids is 1. The summed E-state index contributed by atoms with van der Waals surface area (Å²) in [5.74, 6) is -0.369. The predicted molar refractivity (Wildman–Crippen MR) is 105 cm³/mol. The Morgan fingerprint density at radius 1 is 1.19 bits per heavy atom. The maximum atomic E-state index is 12.0. The third kappa shape index (κ3) is 4.76. The molecule has 138 valence electrons. The highest BCUT2D eigenvalue weighted by Crippen LogP contribution is 2.22. The summed E-state index contributed by atoms with van der Waals surface area (Å²) >= 11 is 0. The molecule has 0 bridgehead atoms. The standard InChI is InChI=1S/C21H27N3O2/c1-2-26-21(25)19-14-18(8-9-20(19)22)23-17-10-12-24(13-11-17)15-16-6-4-3-5-7-16/h3-9,14,17,23H,2,10-13,15,22H2,1H3. The number of nitrogens with one attached hydrogen (secondary N) is 1. The van der Waals surface area contributed by atoms with E-state index in [0.717, 1.165) is 38.2 Å². The van der Waals surface area contributed by atoms with Gasteiger partial charge in [0.1, 0.15) is 0 Å². The Labute approximate surface area is 155 Å². The summed E-state index contributed by atoms with van der Waals surface area (Å²) in [4.78, 5) is 14.5. The van der Waals surface area contributed by atoms with E-state index in [-0.39, 0.29) is 5.97 Å². The molecular weight excluding hydrogens is 326 g/mol. The van der Waals surface area contributed by atoms with Gasteiger partial charge in [-0.25, -0.2) is 4.79 Å². The topological polar surface area (TPSA) is 67.6 Å². The number of likely N-dealkylation sites (tertiary alicyclic amines) is 1. The Morgan fingerprint density at radius 3 is 2.62 bits per heavy atom. The number of anilines is 2. The van der Waals surface area contributed by atoms with Crippen LogP contribution in [0.1, 0.15) is 35.7 Å². The van der Waals surface area contributed by atoms with Gasteiger partial charge in [0.15, 0.2) is 0 Å². The molecule has 0 atom stereocenters. The quantitative estimate of drug-likeness (QED) is 0.614. The Balaban J connectivity index is 1.54. The minimum absolute atomic E-state index is 0.343. The first-order valence-electron chi connectivity index (χ1n) is 9.25. The number of rotatable bonds is 6. The Bertz CT molecular complexity index is 725. The molecule has 0 amide bonds. The first-order valence-corrected chi connectivity index (χ1v) is 9.25. The normalized spacial score (nSPS) is 15.6. The second-order valence-corrected chi connectivity index (χ2v) is 6.70.